The van der Waals surface area contributed by atoms with Crippen LogP contribution in [0.15, 0.2) is 46.1 Å². The van der Waals surface area contributed by atoms with E-state index in [9.17, 15) is 13.2 Å². The van der Waals surface area contributed by atoms with Gasteiger partial charge in [0.2, 0.25) is 4.34 Å². The minimum Gasteiger partial charge on any atom is -0.487 e. The number of aliphatic carboxylic acids is 1. The summed E-state index contributed by atoms with van der Waals surface area (Å²) in [6.45, 7) is 11.5. The molecule has 0 spiro atoms. The number of rotatable bonds is 9. The number of hydrogen-bond donors (Lipinski definition) is 1. The second-order valence-electron chi connectivity index (χ2n) is 8.70. The molecule has 3 aromatic rings. The Bertz CT molecular complexity index is 1370. The van der Waals surface area contributed by atoms with Gasteiger partial charge in [-0.1, -0.05) is 18.2 Å². The molecule has 0 atom stereocenters. The normalized spacial score (nSPS) is 11.9. The number of hydrogen-bond acceptors (Lipinski definition) is 6. The lowest BCUT2D eigenvalue weighted by Gasteiger charge is -2.29. The molecule has 7 nitrogen and oxygen atoms in total. The summed E-state index contributed by atoms with van der Waals surface area (Å²) in [5.41, 5.74) is 5.69. The molecule has 0 bridgehead atoms. The monoisotopic (exact) mass is 514 g/mol. The number of aryl methyl sites for hydroxylation is 4. The van der Waals surface area contributed by atoms with Crippen LogP contribution in [0.5, 0.6) is 5.75 Å². The molecule has 0 saturated heterocycles. The number of thiazole rings is 1. The molecular weight excluding hydrogens is 484 g/mol. The van der Waals surface area contributed by atoms with Gasteiger partial charge in [0.05, 0.1) is 5.69 Å². The second-order valence-corrected chi connectivity index (χ2v) is 11.5. The van der Waals surface area contributed by atoms with Crippen molar-refractivity contribution in [3.63, 3.8) is 0 Å². The number of carbonyl (C=O) groups is 1. The molecule has 0 aliphatic heterocycles. The molecule has 0 fully saturated rings. The van der Waals surface area contributed by atoms with Crippen LogP contribution in [-0.4, -0.2) is 30.5 Å². The maximum atomic E-state index is 13.6. The standard InChI is InChI=1S/C26H30N2O5S2/c1-16(2)28(35(31,32)26-27-20(6)15-34-26)23-12-17(3)18(4)13-24(23)33-14-22-9-7-21(11-19(22)5)8-10-25(29)30/h7-13,15-16H,14H2,1-6H3,(H,29,30). The van der Waals surface area contributed by atoms with Gasteiger partial charge in [-0.2, -0.15) is 8.42 Å². The summed E-state index contributed by atoms with van der Waals surface area (Å²) in [7, 11) is -3.89. The Hall–Kier alpha value is -3.17. The average molecular weight is 515 g/mol. The van der Waals surface area contributed by atoms with Crippen LogP contribution < -0.4 is 9.04 Å². The van der Waals surface area contributed by atoms with Gasteiger partial charge in [0.25, 0.3) is 10.0 Å². The minimum atomic E-state index is -3.89. The summed E-state index contributed by atoms with van der Waals surface area (Å²) in [6.07, 6.45) is 2.63. The van der Waals surface area contributed by atoms with Crippen molar-refractivity contribution in [2.75, 3.05) is 4.31 Å². The van der Waals surface area contributed by atoms with E-state index in [0.717, 1.165) is 45.2 Å². The van der Waals surface area contributed by atoms with Crippen LogP contribution in [0.4, 0.5) is 5.69 Å². The summed E-state index contributed by atoms with van der Waals surface area (Å²) in [6, 6.07) is 8.93. The topological polar surface area (TPSA) is 96.8 Å². The second kappa shape index (κ2) is 10.6. The van der Waals surface area contributed by atoms with E-state index in [1.165, 1.54) is 10.4 Å². The zero-order valence-electron chi connectivity index (χ0n) is 20.7. The maximum Gasteiger partial charge on any atom is 0.328 e. The largest absolute Gasteiger partial charge is 0.487 e. The molecule has 3 rings (SSSR count). The average Bonchev–Trinajstić information content (AvgIpc) is 3.21. The highest BCUT2D eigenvalue weighted by Crippen LogP contribution is 2.37. The van der Waals surface area contributed by atoms with Gasteiger partial charge in [-0.25, -0.2) is 9.78 Å². The van der Waals surface area contributed by atoms with E-state index >= 15 is 0 Å². The van der Waals surface area contributed by atoms with E-state index in [1.807, 2.05) is 65.0 Å². The van der Waals surface area contributed by atoms with E-state index in [-0.39, 0.29) is 17.0 Å². The number of anilines is 1. The van der Waals surface area contributed by atoms with Crippen molar-refractivity contribution in [1.29, 1.82) is 0 Å². The van der Waals surface area contributed by atoms with E-state index in [4.69, 9.17) is 9.84 Å². The summed E-state index contributed by atoms with van der Waals surface area (Å²) >= 11 is 1.11. The number of benzene rings is 2. The number of carboxylic acids is 1. The van der Waals surface area contributed by atoms with Gasteiger partial charge in [-0.05, 0) is 87.6 Å². The van der Waals surface area contributed by atoms with Gasteiger partial charge in [0.1, 0.15) is 12.4 Å². The SMILES string of the molecule is Cc1csc(S(=O)(=O)N(c2cc(C)c(C)cc2OCc2ccc(C=CC(=O)O)cc2C)C(C)C)n1. The Morgan fingerprint density at radius 2 is 1.80 bits per heavy atom. The molecule has 0 saturated carbocycles. The number of aromatic nitrogens is 1. The smallest absolute Gasteiger partial charge is 0.328 e. The Balaban J connectivity index is 1.98. The van der Waals surface area contributed by atoms with E-state index in [0.29, 0.717) is 17.1 Å². The minimum absolute atomic E-state index is 0.0497. The molecule has 186 valence electrons. The Morgan fingerprint density at radius 1 is 1.11 bits per heavy atom. The van der Waals surface area contributed by atoms with Crippen LogP contribution in [0.2, 0.25) is 0 Å². The van der Waals surface area contributed by atoms with Crippen molar-refractivity contribution in [2.24, 2.45) is 0 Å². The van der Waals surface area contributed by atoms with Gasteiger partial charge in [0, 0.05) is 23.2 Å². The molecule has 0 amide bonds. The number of ether oxygens (including phenoxy) is 1. The molecule has 9 heteroatoms. The van der Waals surface area contributed by atoms with Gasteiger partial charge in [-0.3, -0.25) is 4.31 Å². The molecule has 0 aliphatic rings. The highest BCUT2D eigenvalue weighted by atomic mass is 32.2. The fourth-order valence-corrected chi connectivity index (χ4v) is 6.37. The zero-order valence-corrected chi connectivity index (χ0v) is 22.3. The van der Waals surface area contributed by atoms with Crippen molar-refractivity contribution in [3.05, 3.63) is 75.3 Å². The lowest BCUT2D eigenvalue weighted by atomic mass is 10.0. The molecule has 0 unspecified atom stereocenters. The molecule has 0 radical (unpaired) electrons. The zero-order chi connectivity index (χ0) is 25.9. The Labute approximate surface area is 210 Å². The summed E-state index contributed by atoms with van der Waals surface area (Å²) in [5, 5.41) is 10.6. The van der Waals surface area contributed by atoms with Crippen molar-refractivity contribution >= 4 is 39.1 Å². The van der Waals surface area contributed by atoms with Crippen molar-refractivity contribution in [2.45, 2.75) is 58.5 Å². The van der Waals surface area contributed by atoms with Crippen molar-refractivity contribution in [3.8, 4) is 5.75 Å². The lowest BCUT2D eigenvalue weighted by molar-refractivity contribution is -0.131. The molecule has 1 aromatic heterocycles. The van der Waals surface area contributed by atoms with Gasteiger partial charge in [0.15, 0.2) is 0 Å². The molecule has 2 aromatic carbocycles. The Morgan fingerprint density at radius 3 is 2.37 bits per heavy atom. The fraction of sp³-hybridized carbons (Fsp3) is 0.308. The van der Waals surface area contributed by atoms with Crippen LogP contribution in [0.25, 0.3) is 6.08 Å². The predicted molar refractivity (Wildman–Crippen MR) is 140 cm³/mol. The van der Waals surface area contributed by atoms with E-state index in [2.05, 4.69) is 4.98 Å². The molecule has 1 heterocycles. The third-order valence-corrected chi connectivity index (χ3v) is 8.87. The first-order chi connectivity index (χ1) is 16.4. The van der Waals surface area contributed by atoms with E-state index in [1.54, 1.807) is 12.3 Å². The Kier molecular flexibility index (Phi) is 8.02. The van der Waals surface area contributed by atoms with Crippen LogP contribution in [0, 0.1) is 27.7 Å². The number of carboxylic acid groups (broad SMARTS) is 1. The fourth-order valence-electron chi connectivity index (χ4n) is 3.59. The molecule has 1 N–H and O–H groups in total. The van der Waals surface area contributed by atoms with Crippen LogP contribution >= 0.6 is 11.3 Å². The first-order valence-corrected chi connectivity index (χ1v) is 13.4. The first kappa shape index (κ1) is 26.4. The molecule has 35 heavy (non-hydrogen) atoms. The van der Waals surface area contributed by atoms with Crippen molar-refractivity contribution in [1.82, 2.24) is 4.98 Å². The quantitative estimate of drug-likeness (QED) is 0.370. The molecule has 0 aliphatic carbocycles. The van der Waals surface area contributed by atoms with Crippen LogP contribution in [0.3, 0.4) is 0 Å². The van der Waals surface area contributed by atoms with E-state index < -0.39 is 16.0 Å². The van der Waals surface area contributed by atoms with Gasteiger partial charge < -0.3 is 9.84 Å². The van der Waals surface area contributed by atoms with Crippen molar-refractivity contribution < 1.29 is 23.1 Å². The first-order valence-electron chi connectivity index (χ1n) is 11.1. The summed E-state index contributed by atoms with van der Waals surface area (Å²) in [4.78, 5) is 15.0. The van der Waals surface area contributed by atoms with Crippen LogP contribution in [-0.2, 0) is 21.4 Å². The third kappa shape index (κ3) is 6.10. The number of nitrogens with zero attached hydrogens (tertiary/aromatic N) is 2. The lowest BCUT2D eigenvalue weighted by Crippen LogP contribution is -2.37. The third-order valence-electron chi connectivity index (χ3n) is 5.53. The summed E-state index contributed by atoms with van der Waals surface area (Å²) < 4.78 is 34.8. The highest BCUT2D eigenvalue weighted by molar-refractivity contribution is 7.94. The van der Waals surface area contributed by atoms with Gasteiger partial charge in [-0.15, -0.1) is 11.3 Å². The maximum absolute atomic E-state index is 13.6. The number of sulfonamides is 1. The summed E-state index contributed by atoms with van der Waals surface area (Å²) in [5.74, 6) is -0.539. The highest BCUT2D eigenvalue weighted by Gasteiger charge is 2.32. The van der Waals surface area contributed by atoms with Gasteiger partial charge >= 0.3 is 5.97 Å². The molecular formula is C26H30N2O5S2. The predicted octanol–water partition coefficient (Wildman–Crippen LogP) is 5.66. The van der Waals surface area contributed by atoms with Crippen LogP contribution in [0.1, 0.15) is 47.4 Å².